The summed E-state index contributed by atoms with van der Waals surface area (Å²) < 4.78 is 0. The number of nitrogens with zero attached hydrogens (tertiary/aromatic N) is 2. The molecule has 0 N–H and O–H groups in total. The predicted molar refractivity (Wildman–Crippen MR) is 35.1 cm³/mol. The zero-order valence-corrected chi connectivity index (χ0v) is 12.2. The monoisotopic (exact) mass is 480 g/mol. The minimum atomic E-state index is -0.0712. The molecule has 0 radical (unpaired) electrons. The summed E-state index contributed by atoms with van der Waals surface area (Å²) >= 11 is 0. The second-order valence-corrected chi connectivity index (χ2v) is 2.61. The molecule has 60 valence electrons. The maximum absolute atomic E-state index is 4.30. The first kappa shape index (κ1) is 13.9. The number of hydrogen-bond acceptors (Lipinski definition) is 0. The third-order valence-corrected chi connectivity index (χ3v) is 1.31. The average molecular weight is 480 g/mol. The fraction of sp³-hybridized carbons (Fsp3) is 1.00. The molecule has 0 spiro atoms. The van der Waals surface area contributed by atoms with E-state index in [1.165, 1.54) is 0 Å². The topological polar surface area (TPSA) is 28.2 Å². The summed E-state index contributed by atoms with van der Waals surface area (Å²) in [6, 6.07) is 0. The summed E-state index contributed by atoms with van der Waals surface area (Å²) in [7, 11) is 0. The van der Waals surface area contributed by atoms with Gasteiger partial charge in [-0.3, -0.25) is 0 Å². The van der Waals surface area contributed by atoms with Gasteiger partial charge < -0.3 is 10.6 Å². The van der Waals surface area contributed by atoms with Crippen LogP contribution in [0.2, 0.25) is 0 Å². The van der Waals surface area contributed by atoms with E-state index in [0.29, 0.717) is 0 Å². The van der Waals surface area contributed by atoms with Gasteiger partial charge in [-0.15, -0.1) is 0 Å². The molecule has 0 aromatic carbocycles. The van der Waals surface area contributed by atoms with Crippen molar-refractivity contribution in [1.82, 2.24) is 0 Å². The Morgan fingerprint density at radius 1 is 1.00 bits per heavy atom. The van der Waals surface area contributed by atoms with Crippen LogP contribution in [0.1, 0.15) is 20.3 Å². The molecule has 4 heteroatoms. The van der Waals surface area contributed by atoms with Crippen LogP contribution in [-0.4, -0.2) is 18.8 Å². The van der Waals surface area contributed by atoms with Crippen LogP contribution in [0.15, 0.2) is 0 Å². The van der Waals surface area contributed by atoms with E-state index >= 15 is 0 Å². The standard InChI is InChI=1S/C6H12N2.2W/c1-6(2)7-4-3-5-8-6;;/h3-5H2,1-2H3;;/q-2;;. The van der Waals surface area contributed by atoms with Crippen molar-refractivity contribution < 1.29 is 42.1 Å². The second kappa shape index (κ2) is 5.89. The number of hydrogen-bond donors (Lipinski definition) is 0. The fourth-order valence-corrected chi connectivity index (χ4v) is 0.826. The molecule has 0 atom stereocenters. The average Bonchev–Trinajstić information content (AvgIpc) is 1.65. The van der Waals surface area contributed by atoms with E-state index in [0.717, 1.165) is 19.5 Å². The van der Waals surface area contributed by atoms with Crippen LogP contribution in [0, 0.1) is 0 Å². The van der Waals surface area contributed by atoms with E-state index in [1.54, 1.807) is 0 Å². The molecule has 0 aliphatic carbocycles. The third kappa shape index (κ3) is 5.01. The van der Waals surface area contributed by atoms with E-state index < -0.39 is 0 Å². The summed E-state index contributed by atoms with van der Waals surface area (Å²) in [5.41, 5.74) is -0.0712. The van der Waals surface area contributed by atoms with Crippen molar-refractivity contribution in [2.24, 2.45) is 0 Å². The molecule has 0 aromatic heterocycles. The molecule has 2 nitrogen and oxygen atoms in total. The van der Waals surface area contributed by atoms with Crippen molar-refractivity contribution in [3.8, 4) is 0 Å². The molecule has 10 heavy (non-hydrogen) atoms. The zero-order valence-electron chi connectivity index (χ0n) is 6.33. The Hall–Kier alpha value is 1.30. The molecule has 0 bridgehead atoms. The first-order valence-electron chi connectivity index (χ1n) is 3.08. The first-order chi connectivity index (χ1) is 3.71. The van der Waals surface area contributed by atoms with E-state index in [1.807, 2.05) is 13.8 Å². The van der Waals surface area contributed by atoms with Gasteiger partial charge in [-0.2, -0.15) is 13.1 Å². The molecule has 1 aliphatic heterocycles. The normalized spacial score (nSPS) is 22.2. The van der Waals surface area contributed by atoms with Gasteiger partial charge in [0.15, 0.2) is 0 Å². The molecule has 0 aromatic rings. The summed E-state index contributed by atoms with van der Waals surface area (Å²) in [5.74, 6) is 0. The van der Waals surface area contributed by atoms with Gasteiger partial charge in [-0.05, 0) is 0 Å². The van der Waals surface area contributed by atoms with Crippen molar-refractivity contribution in [2.75, 3.05) is 13.1 Å². The second-order valence-electron chi connectivity index (χ2n) is 2.61. The van der Waals surface area contributed by atoms with E-state index in [4.69, 9.17) is 0 Å². The summed E-state index contributed by atoms with van der Waals surface area (Å²) in [5, 5.41) is 8.59. The Morgan fingerprint density at radius 3 is 1.60 bits per heavy atom. The van der Waals surface area contributed by atoms with Gasteiger partial charge in [-0.25, -0.2) is 5.66 Å². The van der Waals surface area contributed by atoms with Gasteiger partial charge in [0.2, 0.25) is 0 Å². The van der Waals surface area contributed by atoms with Crippen LogP contribution in [0.3, 0.4) is 0 Å². The van der Waals surface area contributed by atoms with Crippen LogP contribution in [0.25, 0.3) is 10.6 Å². The molecule has 1 rings (SSSR count). The quantitative estimate of drug-likeness (QED) is 0.507. The SMILES string of the molecule is CC1(C)[N-]CCC[N-]1.[W].[W]. The van der Waals surface area contributed by atoms with Crippen molar-refractivity contribution in [2.45, 2.75) is 25.9 Å². The predicted octanol–water partition coefficient (Wildman–Crippen LogP) is 1.87. The van der Waals surface area contributed by atoms with Crippen LogP contribution < -0.4 is 0 Å². The maximum Gasteiger partial charge on any atom is 0 e. The minimum Gasteiger partial charge on any atom is -0.676 e. The van der Waals surface area contributed by atoms with E-state index in [-0.39, 0.29) is 47.8 Å². The van der Waals surface area contributed by atoms with Crippen molar-refractivity contribution >= 4 is 0 Å². The molecule has 0 amide bonds. The smallest absolute Gasteiger partial charge is 0 e. The Bertz CT molecular complexity index is 77.8. The summed E-state index contributed by atoms with van der Waals surface area (Å²) in [4.78, 5) is 0. The Labute approximate surface area is 91.4 Å². The summed E-state index contributed by atoms with van der Waals surface area (Å²) in [6.45, 7) is 6.09. The molecule has 1 saturated heterocycles. The van der Waals surface area contributed by atoms with Gasteiger partial charge in [0, 0.05) is 42.1 Å². The van der Waals surface area contributed by atoms with Gasteiger partial charge in [0.1, 0.15) is 0 Å². The van der Waals surface area contributed by atoms with Crippen LogP contribution in [-0.2, 0) is 42.1 Å². The third-order valence-electron chi connectivity index (χ3n) is 1.31. The van der Waals surface area contributed by atoms with E-state index in [2.05, 4.69) is 10.6 Å². The summed E-state index contributed by atoms with van der Waals surface area (Å²) in [6.07, 6.45) is 1.14. The van der Waals surface area contributed by atoms with Crippen molar-refractivity contribution in [1.29, 1.82) is 0 Å². The van der Waals surface area contributed by atoms with Gasteiger partial charge in [0.25, 0.3) is 0 Å². The van der Waals surface area contributed by atoms with Crippen LogP contribution in [0.4, 0.5) is 0 Å². The van der Waals surface area contributed by atoms with Crippen molar-refractivity contribution in [3.05, 3.63) is 10.6 Å². The van der Waals surface area contributed by atoms with Crippen LogP contribution in [0.5, 0.6) is 0 Å². The van der Waals surface area contributed by atoms with Gasteiger partial charge in [-0.1, -0.05) is 20.3 Å². The first-order valence-corrected chi connectivity index (χ1v) is 3.08. The number of rotatable bonds is 0. The molecule has 0 saturated carbocycles. The molecule has 1 fully saturated rings. The van der Waals surface area contributed by atoms with Crippen LogP contribution >= 0.6 is 0 Å². The zero-order chi connectivity index (χ0) is 6.04. The Kier molecular flexibility index (Phi) is 8.16. The van der Waals surface area contributed by atoms with Gasteiger partial charge in [0.05, 0.1) is 0 Å². The van der Waals surface area contributed by atoms with Gasteiger partial charge >= 0.3 is 0 Å². The Morgan fingerprint density at radius 2 is 1.40 bits per heavy atom. The Balaban J connectivity index is 0. The maximum atomic E-state index is 4.30. The minimum absolute atomic E-state index is 0. The molecular formula is C6H12N2W2-2. The molecule has 1 aliphatic rings. The van der Waals surface area contributed by atoms with E-state index in [9.17, 15) is 0 Å². The fourth-order valence-electron chi connectivity index (χ4n) is 0.826. The largest absolute Gasteiger partial charge is 0.676 e. The van der Waals surface area contributed by atoms with Crippen molar-refractivity contribution in [3.63, 3.8) is 0 Å². The molecule has 0 unspecified atom stereocenters. The molecular weight excluding hydrogens is 468 g/mol. The molecule has 1 heterocycles.